The summed E-state index contributed by atoms with van der Waals surface area (Å²) in [6, 6.07) is 3.51. The van der Waals surface area contributed by atoms with Gasteiger partial charge in [-0.05, 0) is 37.2 Å². The van der Waals surface area contributed by atoms with Crippen molar-refractivity contribution >= 4 is 42.0 Å². The van der Waals surface area contributed by atoms with Crippen LogP contribution in [0.4, 0.5) is 4.79 Å². The molecule has 43 heavy (non-hydrogen) atoms. The first-order chi connectivity index (χ1) is 20.3. The molecular weight excluding hydrogens is 560 g/mol. The molecule has 0 aliphatic carbocycles. The van der Waals surface area contributed by atoms with Gasteiger partial charge in [0.15, 0.2) is 11.9 Å². The first-order valence-corrected chi connectivity index (χ1v) is 13.8. The number of carbonyl (C=O) groups is 5. The molecule has 1 aromatic carbocycles. The van der Waals surface area contributed by atoms with Gasteiger partial charge in [0.1, 0.15) is 24.4 Å². The highest BCUT2D eigenvalue weighted by Crippen LogP contribution is 2.08. The van der Waals surface area contributed by atoms with Gasteiger partial charge in [0.2, 0.25) is 11.8 Å². The molecule has 16 heteroatoms. The summed E-state index contributed by atoms with van der Waals surface area (Å²) in [7, 11) is 0. The summed E-state index contributed by atoms with van der Waals surface area (Å²) in [5, 5.41) is 19.7. The van der Waals surface area contributed by atoms with E-state index in [4.69, 9.17) is 22.9 Å². The molecule has 1 rings (SSSR count). The predicted molar refractivity (Wildman–Crippen MR) is 162 cm³/mol. The molecule has 0 radical (unpaired) electrons. The molecular formula is C27H44N10O6. The minimum Gasteiger partial charge on any atom is -0.480 e. The van der Waals surface area contributed by atoms with Gasteiger partial charge in [-0.1, -0.05) is 44.2 Å². The number of nitrogens with zero attached hydrogens (tertiary/aromatic N) is 2. The number of rotatable bonds is 19. The van der Waals surface area contributed by atoms with Crippen molar-refractivity contribution in [1.29, 1.82) is 0 Å². The van der Waals surface area contributed by atoms with Gasteiger partial charge in [-0.15, -0.1) is 0 Å². The number of guanidine groups is 2. The Kier molecular flexibility index (Phi) is 16.2. The van der Waals surface area contributed by atoms with Crippen LogP contribution >= 0.6 is 0 Å². The van der Waals surface area contributed by atoms with Gasteiger partial charge >= 0.3 is 12.0 Å². The summed E-state index contributed by atoms with van der Waals surface area (Å²) in [4.78, 5) is 70.3. The maximum Gasteiger partial charge on any atom is 0.326 e. The molecule has 238 valence electrons. The minimum absolute atomic E-state index is 0.0183. The van der Waals surface area contributed by atoms with Crippen LogP contribution < -0.4 is 44.2 Å². The number of urea groups is 1. The average Bonchev–Trinajstić information content (AvgIpc) is 2.94. The van der Waals surface area contributed by atoms with E-state index < -0.39 is 53.9 Å². The Morgan fingerprint density at radius 2 is 1.37 bits per heavy atom. The average molecular weight is 605 g/mol. The number of aldehydes is 1. The molecule has 0 saturated carbocycles. The molecule has 4 amide bonds. The standard InChI is InChI=1S/C27H44N10O6/c1-16(2)21(23(40)34-18(15-38)10-6-12-32-25(28)29)37-22(39)19(11-7-13-33-26(30)31)35-27(43)36-20(24(41)42)14-17-8-4-3-5-9-17/h3-5,8-9,15-16,18-21H,6-7,10-14H2,1-2H3,(H,34,40)(H,37,39)(H,41,42)(H4,28,29,32)(H4,30,31,33)(H2,35,36,43)/t18?,19-,20?,21?/m0/s1. The van der Waals surface area contributed by atoms with Crippen molar-refractivity contribution in [3.05, 3.63) is 35.9 Å². The fourth-order valence-electron chi connectivity index (χ4n) is 3.94. The highest BCUT2D eigenvalue weighted by molar-refractivity contribution is 5.93. The van der Waals surface area contributed by atoms with Gasteiger partial charge in [-0.3, -0.25) is 19.6 Å². The van der Waals surface area contributed by atoms with Crippen molar-refractivity contribution in [3.63, 3.8) is 0 Å². The zero-order valence-electron chi connectivity index (χ0n) is 24.5. The number of nitrogens with two attached hydrogens (primary N) is 4. The molecule has 13 N–H and O–H groups in total. The second kappa shape index (κ2) is 19.3. The number of benzene rings is 1. The lowest BCUT2D eigenvalue weighted by molar-refractivity contribution is -0.139. The number of nitrogens with one attached hydrogen (secondary N) is 4. The van der Waals surface area contributed by atoms with Gasteiger partial charge in [0.05, 0.1) is 6.04 Å². The quantitative estimate of drug-likeness (QED) is 0.0372. The number of carboxylic acids is 1. The van der Waals surface area contributed by atoms with E-state index in [0.717, 1.165) is 0 Å². The van der Waals surface area contributed by atoms with Crippen LogP contribution in [0.25, 0.3) is 0 Å². The number of aliphatic imine (C=N–C) groups is 2. The van der Waals surface area contributed by atoms with Crippen molar-refractivity contribution in [1.82, 2.24) is 21.3 Å². The van der Waals surface area contributed by atoms with Crippen LogP contribution in [-0.4, -0.2) is 84.4 Å². The molecule has 0 bridgehead atoms. The molecule has 4 atom stereocenters. The van der Waals surface area contributed by atoms with Gasteiger partial charge in [0, 0.05) is 19.5 Å². The normalized spacial score (nSPS) is 13.4. The van der Waals surface area contributed by atoms with Crippen LogP contribution in [0.5, 0.6) is 0 Å². The van der Waals surface area contributed by atoms with E-state index in [1.807, 2.05) is 0 Å². The predicted octanol–water partition coefficient (Wildman–Crippen LogP) is -1.72. The third-order valence-electron chi connectivity index (χ3n) is 6.16. The largest absolute Gasteiger partial charge is 0.480 e. The lowest BCUT2D eigenvalue weighted by Gasteiger charge is -2.27. The summed E-state index contributed by atoms with van der Waals surface area (Å²) in [6.45, 7) is 3.84. The second-order valence-electron chi connectivity index (χ2n) is 10.1. The van der Waals surface area contributed by atoms with Crippen molar-refractivity contribution in [2.45, 2.75) is 70.1 Å². The van der Waals surface area contributed by atoms with Gasteiger partial charge in [-0.2, -0.15) is 0 Å². The zero-order valence-corrected chi connectivity index (χ0v) is 24.5. The zero-order chi connectivity index (χ0) is 32.4. The molecule has 3 unspecified atom stereocenters. The molecule has 16 nitrogen and oxygen atoms in total. The summed E-state index contributed by atoms with van der Waals surface area (Å²) >= 11 is 0. The number of carbonyl (C=O) groups excluding carboxylic acids is 4. The highest BCUT2D eigenvalue weighted by Gasteiger charge is 2.30. The Hall–Kier alpha value is -4.89. The van der Waals surface area contributed by atoms with E-state index in [1.165, 1.54) is 0 Å². The van der Waals surface area contributed by atoms with E-state index in [2.05, 4.69) is 31.3 Å². The summed E-state index contributed by atoms with van der Waals surface area (Å²) in [5.41, 5.74) is 22.0. The van der Waals surface area contributed by atoms with Crippen LogP contribution in [-0.2, 0) is 25.6 Å². The molecule has 0 saturated heterocycles. The third-order valence-corrected chi connectivity index (χ3v) is 6.16. The molecule has 0 aromatic heterocycles. The molecule has 0 fully saturated rings. The maximum absolute atomic E-state index is 13.3. The van der Waals surface area contributed by atoms with Gasteiger partial charge in [-0.25, -0.2) is 9.59 Å². The third kappa shape index (κ3) is 15.1. The molecule has 0 aliphatic heterocycles. The Bertz CT molecular complexity index is 1120. The Balaban J connectivity index is 2.97. The summed E-state index contributed by atoms with van der Waals surface area (Å²) in [5.74, 6) is -3.17. The SMILES string of the molecule is CC(C)C(NC(=O)[C@H](CCCN=C(N)N)NC(=O)NC(Cc1ccccc1)C(=O)O)C(=O)NC(C=O)CCCN=C(N)N. The van der Waals surface area contributed by atoms with Gasteiger partial charge < -0.3 is 54.1 Å². The maximum atomic E-state index is 13.3. The van der Waals surface area contributed by atoms with Crippen LogP contribution in [0.2, 0.25) is 0 Å². The van der Waals surface area contributed by atoms with E-state index in [-0.39, 0.29) is 50.7 Å². The van der Waals surface area contributed by atoms with Crippen molar-refractivity contribution in [2.75, 3.05) is 13.1 Å². The van der Waals surface area contributed by atoms with Crippen LogP contribution in [0.1, 0.15) is 45.1 Å². The first kappa shape index (κ1) is 36.1. The van der Waals surface area contributed by atoms with E-state index in [1.54, 1.807) is 44.2 Å². The van der Waals surface area contributed by atoms with Crippen LogP contribution in [0.15, 0.2) is 40.3 Å². The number of hydrogen-bond donors (Lipinski definition) is 9. The topological polar surface area (TPSA) is 282 Å². The smallest absolute Gasteiger partial charge is 0.326 e. The Morgan fingerprint density at radius 1 is 0.814 bits per heavy atom. The van der Waals surface area contributed by atoms with E-state index in [9.17, 15) is 29.1 Å². The van der Waals surface area contributed by atoms with E-state index in [0.29, 0.717) is 18.3 Å². The fraction of sp³-hybridized carbons (Fsp3) is 0.519. The van der Waals surface area contributed by atoms with Crippen LogP contribution in [0, 0.1) is 5.92 Å². The molecule has 0 spiro atoms. The molecule has 0 heterocycles. The second-order valence-corrected chi connectivity index (χ2v) is 10.1. The first-order valence-electron chi connectivity index (χ1n) is 13.8. The fourth-order valence-corrected chi connectivity index (χ4v) is 3.94. The summed E-state index contributed by atoms with van der Waals surface area (Å²) < 4.78 is 0. The van der Waals surface area contributed by atoms with Crippen molar-refractivity contribution in [2.24, 2.45) is 38.8 Å². The van der Waals surface area contributed by atoms with Crippen molar-refractivity contribution < 1.29 is 29.1 Å². The monoisotopic (exact) mass is 604 g/mol. The van der Waals surface area contributed by atoms with Crippen LogP contribution in [0.3, 0.4) is 0 Å². The highest BCUT2D eigenvalue weighted by atomic mass is 16.4. The number of amides is 4. The van der Waals surface area contributed by atoms with E-state index >= 15 is 0 Å². The number of hydrogen-bond acceptors (Lipinski definition) is 7. The Morgan fingerprint density at radius 3 is 1.88 bits per heavy atom. The lowest BCUT2D eigenvalue weighted by Crippen LogP contribution is -2.58. The lowest BCUT2D eigenvalue weighted by atomic mass is 10.0. The molecule has 0 aliphatic rings. The summed E-state index contributed by atoms with van der Waals surface area (Å²) in [6.07, 6.45) is 1.65. The van der Waals surface area contributed by atoms with Crippen molar-refractivity contribution in [3.8, 4) is 0 Å². The Labute approximate surface area is 250 Å². The minimum atomic E-state index is -1.27. The number of aliphatic carboxylic acids is 1. The molecule has 1 aromatic rings. The number of carboxylic acid groups (broad SMARTS) is 1. The van der Waals surface area contributed by atoms with Gasteiger partial charge in [0.25, 0.3) is 0 Å².